The molecule has 0 fully saturated rings. The molecular formula is C13H34N6S3. The van der Waals surface area contributed by atoms with Crippen LogP contribution in [0.15, 0.2) is 0 Å². The highest BCUT2D eigenvalue weighted by Gasteiger charge is 2.31. The standard InChI is InChI=1S/C13H34N6S3/c1-4-17-13(15,10-22)7-18-11(2,8-20)5-19-12(14,9-21)6-16-3/h16-22H,4-10,14-15H2,1-3H3/t11-,12?,13-/m1/s1. The summed E-state index contributed by atoms with van der Waals surface area (Å²) in [6, 6.07) is 0. The lowest BCUT2D eigenvalue weighted by Gasteiger charge is -2.39. The monoisotopic (exact) mass is 370 g/mol. The van der Waals surface area contributed by atoms with Crippen molar-refractivity contribution in [2.45, 2.75) is 30.7 Å². The second-order valence-electron chi connectivity index (χ2n) is 6.12. The van der Waals surface area contributed by atoms with E-state index in [2.05, 4.69) is 66.1 Å². The summed E-state index contributed by atoms with van der Waals surface area (Å²) in [7, 11) is 1.87. The smallest absolute Gasteiger partial charge is 0.0880 e. The van der Waals surface area contributed by atoms with E-state index >= 15 is 0 Å². The summed E-state index contributed by atoms with van der Waals surface area (Å²) in [5.41, 5.74) is 11.2. The lowest BCUT2D eigenvalue weighted by Crippen LogP contribution is -2.68. The van der Waals surface area contributed by atoms with E-state index in [4.69, 9.17) is 11.5 Å². The van der Waals surface area contributed by atoms with Crippen molar-refractivity contribution in [2.75, 3.05) is 50.5 Å². The second kappa shape index (κ2) is 10.6. The Labute approximate surface area is 151 Å². The molecule has 0 saturated heterocycles. The first-order valence-corrected chi connectivity index (χ1v) is 9.42. The van der Waals surface area contributed by atoms with Gasteiger partial charge in [0, 0.05) is 42.4 Å². The number of rotatable bonds is 13. The average molecular weight is 371 g/mol. The number of thiol groups is 3. The predicted molar refractivity (Wildman–Crippen MR) is 107 cm³/mol. The van der Waals surface area contributed by atoms with Gasteiger partial charge in [0.15, 0.2) is 0 Å². The first-order valence-electron chi connectivity index (χ1n) is 7.52. The molecule has 3 atom stereocenters. The average Bonchev–Trinajstić information content (AvgIpc) is 2.52. The van der Waals surface area contributed by atoms with Crippen molar-refractivity contribution in [2.24, 2.45) is 11.5 Å². The topological polar surface area (TPSA) is 100 Å². The van der Waals surface area contributed by atoms with Crippen LogP contribution in [0.4, 0.5) is 0 Å². The summed E-state index contributed by atoms with van der Waals surface area (Å²) in [5.74, 6) is 1.73. The fourth-order valence-electron chi connectivity index (χ4n) is 1.93. The third-order valence-electron chi connectivity index (χ3n) is 3.60. The SMILES string of the molecule is CCN[C@@](N)(CS)CN[C@@](C)(CS)CNC(N)(CS)CNC. The third-order valence-corrected chi connectivity index (χ3v) is 5.42. The molecule has 134 valence electrons. The Morgan fingerprint density at radius 2 is 1.36 bits per heavy atom. The molecule has 22 heavy (non-hydrogen) atoms. The molecular weight excluding hydrogens is 336 g/mol. The summed E-state index contributed by atoms with van der Waals surface area (Å²) in [6.45, 7) is 6.79. The van der Waals surface area contributed by atoms with Crippen molar-refractivity contribution in [3.05, 3.63) is 0 Å². The molecule has 0 rings (SSSR count). The van der Waals surface area contributed by atoms with Crippen LogP contribution in [-0.2, 0) is 0 Å². The molecule has 0 aromatic rings. The van der Waals surface area contributed by atoms with Crippen molar-refractivity contribution in [3.63, 3.8) is 0 Å². The van der Waals surface area contributed by atoms with E-state index < -0.39 is 11.3 Å². The van der Waals surface area contributed by atoms with Gasteiger partial charge >= 0.3 is 0 Å². The lowest BCUT2D eigenvalue weighted by molar-refractivity contribution is 0.264. The molecule has 9 heteroatoms. The van der Waals surface area contributed by atoms with Crippen molar-refractivity contribution in [3.8, 4) is 0 Å². The van der Waals surface area contributed by atoms with E-state index in [9.17, 15) is 0 Å². The van der Waals surface area contributed by atoms with Crippen LogP contribution in [0.3, 0.4) is 0 Å². The van der Waals surface area contributed by atoms with Crippen LogP contribution in [-0.4, -0.2) is 67.3 Å². The maximum absolute atomic E-state index is 6.28. The van der Waals surface area contributed by atoms with Crippen molar-refractivity contribution in [1.82, 2.24) is 21.3 Å². The van der Waals surface area contributed by atoms with Gasteiger partial charge in [-0.3, -0.25) is 10.6 Å². The van der Waals surface area contributed by atoms with Gasteiger partial charge in [-0.1, -0.05) is 6.92 Å². The molecule has 0 aromatic heterocycles. The summed E-state index contributed by atoms with van der Waals surface area (Å²) in [4.78, 5) is 0. The first kappa shape index (κ1) is 22.8. The van der Waals surface area contributed by atoms with Crippen LogP contribution in [0.5, 0.6) is 0 Å². The third kappa shape index (κ3) is 8.07. The van der Waals surface area contributed by atoms with E-state index in [1.165, 1.54) is 0 Å². The fourth-order valence-corrected chi connectivity index (χ4v) is 2.60. The van der Waals surface area contributed by atoms with Crippen LogP contribution in [0, 0.1) is 0 Å². The minimum Gasteiger partial charge on any atom is -0.317 e. The van der Waals surface area contributed by atoms with Crippen LogP contribution in [0.1, 0.15) is 13.8 Å². The first-order chi connectivity index (χ1) is 10.2. The van der Waals surface area contributed by atoms with Gasteiger partial charge in [-0.15, -0.1) is 0 Å². The lowest BCUT2D eigenvalue weighted by atomic mass is 10.0. The summed E-state index contributed by atoms with van der Waals surface area (Å²) >= 11 is 13.1. The predicted octanol–water partition coefficient (Wildman–Crippen LogP) is -1.15. The molecule has 0 saturated carbocycles. The van der Waals surface area contributed by atoms with Crippen LogP contribution in [0.2, 0.25) is 0 Å². The highest BCUT2D eigenvalue weighted by atomic mass is 32.1. The van der Waals surface area contributed by atoms with Gasteiger partial charge in [0.2, 0.25) is 0 Å². The molecule has 0 bridgehead atoms. The maximum Gasteiger partial charge on any atom is 0.0880 e. The zero-order chi connectivity index (χ0) is 17.3. The highest BCUT2D eigenvalue weighted by Crippen LogP contribution is 2.09. The molecule has 0 radical (unpaired) electrons. The second-order valence-corrected chi connectivity index (χ2v) is 7.06. The number of hydrogen-bond acceptors (Lipinski definition) is 9. The molecule has 0 aliphatic heterocycles. The van der Waals surface area contributed by atoms with E-state index in [0.29, 0.717) is 36.9 Å². The number of nitrogens with two attached hydrogens (primary N) is 2. The molecule has 8 N–H and O–H groups in total. The zero-order valence-electron chi connectivity index (χ0n) is 13.9. The van der Waals surface area contributed by atoms with Gasteiger partial charge in [-0.25, -0.2) is 0 Å². The number of hydrogen-bond donors (Lipinski definition) is 9. The Bertz CT molecular complexity index is 286. The Kier molecular flexibility index (Phi) is 11.0. The number of nitrogens with one attached hydrogen (secondary N) is 4. The molecule has 1 unspecified atom stereocenters. The summed E-state index contributed by atoms with van der Waals surface area (Å²) in [6.07, 6.45) is 0. The fraction of sp³-hybridized carbons (Fsp3) is 1.00. The normalized spacial score (nSPS) is 20.2. The molecule has 0 spiro atoms. The molecule has 0 amide bonds. The number of likely N-dealkylation sites (N-methyl/N-ethyl adjacent to an activating group) is 2. The Morgan fingerprint density at radius 3 is 1.77 bits per heavy atom. The van der Waals surface area contributed by atoms with Gasteiger partial charge in [0.1, 0.15) is 0 Å². The molecule has 0 aliphatic rings. The van der Waals surface area contributed by atoms with Gasteiger partial charge < -0.3 is 22.1 Å². The van der Waals surface area contributed by atoms with Crippen LogP contribution < -0.4 is 32.7 Å². The Hall–Kier alpha value is 0.810. The van der Waals surface area contributed by atoms with Gasteiger partial charge in [0.25, 0.3) is 0 Å². The minimum atomic E-state index is -0.561. The van der Waals surface area contributed by atoms with Gasteiger partial charge in [-0.05, 0) is 20.5 Å². The van der Waals surface area contributed by atoms with Crippen LogP contribution in [0.25, 0.3) is 0 Å². The van der Waals surface area contributed by atoms with E-state index in [-0.39, 0.29) is 5.54 Å². The highest BCUT2D eigenvalue weighted by molar-refractivity contribution is 7.80. The molecule has 0 heterocycles. The van der Waals surface area contributed by atoms with E-state index in [1.54, 1.807) is 0 Å². The molecule has 0 aromatic carbocycles. The summed E-state index contributed by atoms with van der Waals surface area (Å²) in [5, 5.41) is 13.2. The maximum atomic E-state index is 6.28. The van der Waals surface area contributed by atoms with Crippen molar-refractivity contribution >= 4 is 37.9 Å². The van der Waals surface area contributed by atoms with Crippen LogP contribution >= 0.6 is 37.9 Å². The van der Waals surface area contributed by atoms with E-state index in [1.807, 2.05) is 14.0 Å². The molecule has 0 aliphatic carbocycles. The Morgan fingerprint density at radius 1 is 0.818 bits per heavy atom. The van der Waals surface area contributed by atoms with E-state index in [0.717, 1.165) is 6.54 Å². The minimum absolute atomic E-state index is 0.243. The largest absolute Gasteiger partial charge is 0.317 e. The van der Waals surface area contributed by atoms with Crippen molar-refractivity contribution in [1.29, 1.82) is 0 Å². The summed E-state index contributed by atoms with van der Waals surface area (Å²) < 4.78 is 0. The van der Waals surface area contributed by atoms with Crippen molar-refractivity contribution < 1.29 is 0 Å². The zero-order valence-corrected chi connectivity index (χ0v) is 16.6. The van der Waals surface area contributed by atoms with Gasteiger partial charge in [0.05, 0.1) is 11.3 Å². The quantitative estimate of drug-likeness (QED) is 0.150. The Balaban J connectivity index is 4.63. The van der Waals surface area contributed by atoms with Gasteiger partial charge in [-0.2, -0.15) is 37.9 Å². The molecule has 6 nitrogen and oxygen atoms in total.